The molecule has 0 saturated heterocycles. The highest BCUT2D eigenvalue weighted by Gasteiger charge is 2.14. The van der Waals surface area contributed by atoms with E-state index in [0.29, 0.717) is 12.5 Å². The van der Waals surface area contributed by atoms with Gasteiger partial charge in [-0.3, -0.25) is 4.79 Å². The minimum atomic E-state index is -0.562. The summed E-state index contributed by atoms with van der Waals surface area (Å²) in [6.07, 6.45) is 5.38. The number of nitrogens with zero attached hydrogens (tertiary/aromatic N) is 1. The van der Waals surface area contributed by atoms with Crippen LogP contribution < -0.4 is 5.32 Å². The second kappa shape index (κ2) is 8.10. The average molecular weight is 287 g/mol. The van der Waals surface area contributed by atoms with Crippen LogP contribution in [0.2, 0.25) is 5.15 Å². The lowest BCUT2D eigenvalue weighted by Gasteiger charge is -2.15. The number of rotatable bonds is 7. The van der Waals surface area contributed by atoms with Gasteiger partial charge in [0.2, 0.25) is 0 Å². The molecule has 5 heteroatoms. The van der Waals surface area contributed by atoms with Crippen molar-refractivity contribution in [2.75, 3.05) is 6.54 Å². The van der Waals surface area contributed by atoms with Crippen molar-refractivity contribution >= 4 is 17.5 Å². The number of aromatic nitrogens is 1. The van der Waals surface area contributed by atoms with E-state index in [9.17, 15) is 9.18 Å². The normalized spacial score (nSPS) is 12.2. The molecule has 106 valence electrons. The van der Waals surface area contributed by atoms with Gasteiger partial charge in [0.05, 0.1) is 11.8 Å². The maximum Gasteiger partial charge on any atom is 0.254 e. The highest BCUT2D eigenvalue weighted by Crippen LogP contribution is 2.15. The summed E-state index contributed by atoms with van der Waals surface area (Å²) in [5.41, 5.74) is 0.0898. The number of hydrogen-bond acceptors (Lipinski definition) is 2. The zero-order chi connectivity index (χ0) is 14.3. The third-order valence-corrected chi connectivity index (χ3v) is 3.45. The van der Waals surface area contributed by atoms with Gasteiger partial charge in [0, 0.05) is 6.54 Å². The van der Waals surface area contributed by atoms with E-state index in [4.69, 9.17) is 11.6 Å². The minimum absolute atomic E-state index is 0.0282. The summed E-state index contributed by atoms with van der Waals surface area (Å²) in [6.45, 7) is 4.83. The predicted molar refractivity (Wildman–Crippen MR) is 74.8 cm³/mol. The molecule has 19 heavy (non-hydrogen) atoms. The first kappa shape index (κ1) is 15.9. The summed E-state index contributed by atoms with van der Waals surface area (Å²) in [6, 6.07) is 1.11. The quantitative estimate of drug-likeness (QED) is 0.774. The fourth-order valence-corrected chi connectivity index (χ4v) is 2.05. The third kappa shape index (κ3) is 5.15. The molecule has 1 unspecified atom stereocenters. The lowest BCUT2D eigenvalue weighted by atomic mass is 9.99. The van der Waals surface area contributed by atoms with E-state index in [1.807, 2.05) is 0 Å². The van der Waals surface area contributed by atoms with Gasteiger partial charge in [0.25, 0.3) is 5.91 Å². The van der Waals surface area contributed by atoms with Crippen molar-refractivity contribution in [3.8, 4) is 0 Å². The second-order valence-corrected chi connectivity index (χ2v) is 4.98. The summed E-state index contributed by atoms with van der Waals surface area (Å²) in [7, 11) is 0. The number of nitrogens with one attached hydrogen (secondary N) is 1. The first-order chi connectivity index (χ1) is 9.08. The molecule has 1 atom stereocenters. The molecular weight excluding hydrogens is 267 g/mol. The maximum atomic E-state index is 13.0. The highest BCUT2D eigenvalue weighted by atomic mass is 35.5. The molecule has 1 N–H and O–H groups in total. The fraction of sp³-hybridized carbons (Fsp3) is 0.571. The van der Waals surface area contributed by atoms with Gasteiger partial charge in [0.1, 0.15) is 11.0 Å². The van der Waals surface area contributed by atoms with Gasteiger partial charge in [-0.1, -0.05) is 44.7 Å². The zero-order valence-corrected chi connectivity index (χ0v) is 12.1. The smallest absolute Gasteiger partial charge is 0.254 e. The van der Waals surface area contributed by atoms with E-state index < -0.39 is 5.82 Å². The van der Waals surface area contributed by atoms with E-state index in [1.165, 1.54) is 0 Å². The summed E-state index contributed by atoms with van der Waals surface area (Å²) in [5.74, 6) is -0.483. The van der Waals surface area contributed by atoms with Gasteiger partial charge in [-0.05, 0) is 18.4 Å². The Morgan fingerprint density at radius 3 is 2.89 bits per heavy atom. The number of hydrogen-bond donors (Lipinski definition) is 1. The number of carbonyl (C=O) groups excluding carboxylic acids is 1. The van der Waals surface area contributed by atoms with Crippen molar-refractivity contribution in [1.82, 2.24) is 10.3 Å². The summed E-state index contributed by atoms with van der Waals surface area (Å²) < 4.78 is 13.0. The second-order valence-electron chi connectivity index (χ2n) is 4.62. The summed E-state index contributed by atoms with van der Waals surface area (Å²) in [5, 5.41) is 2.83. The molecule has 0 saturated carbocycles. The Balaban J connectivity index is 2.56. The van der Waals surface area contributed by atoms with Crippen molar-refractivity contribution in [3.63, 3.8) is 0 Å². The Bertz CT molecular complexity index is 426. The van der Waals surface area contributed by atoms with Gasteiger partial charge in [-0.25, -0.2) is 9.37 Å². The maximum absolute atomic E-state index is 13.0. The first-order valence-electron chi connectivity index (χ1n) is 6.67. The van der Waals surface area contributed by atoms with Crippen molar-refractivity contribution in [3.05, 3.63) is 28.8 Å². The number of carbonyl (C=O) groups is 1. The summed E-state index contributed by atoms with van der Waals surface area (Å²) in [4.78, 5) is 15.5. The van der Waals surface area contributed by atoms with E-state index in [1.54, 1.807) is 0 Å². The van der Waals surface area contributed by atoms with Crippen molar-refractivity contribution in [2.45, 2.75) is 39.5 Å². The molecule has 0 aliphatic carbocycles. The van der Waals surface area contributed by atoms with Crippen LogP contribution >= 0.6 is 11.6 Å². The third-order valence-electron chi connectivity index (χ3n) is 3.14. The van der Waals surface area contributed by atoms with Crippen LogP contribution in [-0.4, -0.2) is 17.4 Å². The largest absolute Gasteiger partial charge is 0.352 e. The Hall–Kier alpha value is -1.16. The van der Waals surface area contributed by atoms with Crippen molar-refractivity contribution in [1.29, 1.82) is 0 Å². The molecule has 1 rings (SSSR count). The van der Waals surface area contributed by atoms with Crippen LogP contribution in [0.1, 0.15) is 49.9 Å². The lowest BCUT2D eigenvalue weighted by Crippen LogP contribution is -2.29. The average Bonchev–Trinajstić information content (AvgIpc) is 2.41. The van der Waals surface area contributed by atoms with Crippen LogP contribution in [0.15, 0.2) is 12.3 Å². The molecule has 3 nitrogen and oxygen atoms in total. The molecule has 0 bridgehead atoms. The van der Waals surface area contributed by atoms with Gasteiger partial charge in [-0.2, -0.15) is 0 Å². The molecule has 0 aliphatic rings. The van der Waals surface area contributed by atoms with E-state index in [2.05, 4.69) is 24.1 Å². The van der Waals surface area contributed by atoms with E-state index in [-0.39, 0.29) is 16.6 Å². The topological polar surface area (TPSA) is 42.0 Å². The molecule has 0 spiro atoms. The summed E-state index contributed by atoms with van der Waals surface area (Å²) >= 11 is 5.79. The SMILES string of the molecule is CCCCC(CC)CNC(=O)c1cc(F)cnc1Cl. The van der Waals surface area contributed by atoms with Crippen molar-refractivity contribution < 1.29 is 9.18 Å². The molecule has 1 aromatic heterocycles. The standard InChI is InChI=1S/C14H20ClFN2O/c1-3-5-6-10(4-2)8-18-14(19)12-7-11(16)9-17-13(12)15/h7,9-10H,3-6,8H2,1-2H3,(H,18,19). The zero-order valence-electron chi connectivity index (χ0n) is 11.4. The Kier molecular flexibility index (Phi) is 6.78. The number of halogens is 2. The van der Waals surface area contributed by atoms with Gasteiger partial charge in [-0.15, -0.1) is 0 Å². The molecule has 0 aromatic carbocycles. The van der Waals surface area contributed by atoms with E-state index in [0.717, 1.165) is 37.9 Å². The number of pyridine rings is 1. The van der Waals surface area contributed by atoms with Crippen LogP contribution in [0, 0.1) is 11.7 Å². The van der Waals surface area contributed by atoms with Gasteiger partial charge >= 0.3 is 0 Å². The van der Waals surface area contributed by atoms with Crippen LogP contribution in [0.25, 0.3) is 0 Å². The molecule has 1 amide bonds. The molecule has 0 radical (unpaired) electrons. The number of unbranched alkanes of at least 4 members (excludes halogenated alkanes) is 1. The lowest BCUT2D eigenvalue weighted by molar-refractivity contribution is 0.0945. The molecule has 1 aromatic rings. The molecule has 1 heterocycles. The van der Waals surface area contributed by atoms with Gasteiger partial charge in [0.15, 0.2) is 0 Å². The van der Waals surface area contributed by atoms with Crippen LogP contribution in [0.5, 0.6) is 0 Å². The van der Waals surface area contributed by atoms with E-state index >= 15 is 0 Å². The Labute approximate surface area is 118 Å². The van der Waals surface area contributed by atoms with Crippen LogP contribution in [0.4, 0.5) is 4.39 Å². The van der Waals surface area contributed by atoms with Crippen LogP contribution in [0.3, 0.4) is 0 Å². The Morgan fingerprint density at radius 2 is 2.26 bits per heavy atom. The highest BCUT2D eigenvalue weighted by molar-refractivity contribution is 6.32. The molecule has 0 aliphatic heterocycles. The first-order valence-corrected chi connectivity index (χ1v) is 7.05. The van der Waals surface area contributed by atoms with Crippen molar-refractivity contribution in [2.24, 2.45) is 5.92 Å². The minimum Gasteiger partial charge on any atom is -0.352 e. The monoisotopic (exact) mass is 286 g/mol. The molecule has 0 fully saturated rings. The Morgan fingerprint density at radius 1 is 1.53 bits per heavy atom. The van der Waals surface area contributed by atoms with Gasteiger partial charge < -0.3 is 5.32 Å². The number of amides is 1. The fourth-order valence-electron chi connectivity index (χ4n) is 1.86. The predicted octanol–water partition coefficient (Wildman–Crippen LogP) is 3.82. The molecular formula is C14H20ClFN2O. The van der Waals surface area contributed by atoms with Crippen LogP contribution in [-0.2, 0) is 0 Å².